The molecule has 8 heteroatoms. The molecule has 0 radical (unpaired) electrons. The van der Waals surface area contributed by atoms with Crippen molar-refractivity contribution in [3.05, 3.63) is 51.5 Å². The van der Waals surface area contributed by atoms with Gasteiger partial charge in [-0.2, -0.15) is 5.26 Å². The normalized spacial score (nSPS) is 18.0. The van der Waals surface area contributed by atoms with Crippen molar-refractivity contribution < 1.29 is 4.74 Å². The number of ether oxygens (including phenoxy) is 1. The average molecular weight is 422 g/mol. The molecule has 2 aromatic heterocycles. The minimum Gasteiger partial charge on any atom is -0.486 e. The van der Waals surface area contributed by atoms with Crippen molar-refractivity contribution in [3.8, 4) is 11.8 Å². The van der Waals surface area contributed by atoms with Crippen LogP contribution in [0.25, 0.3) is 10.9 Å². The Bertz CT molecular complexity index is 1260. The smallest absolute Gasteiger partial charge is 0.295 e. The van der Waals surface area contributed by atoms with Crippen molar-refractivity contribution in [2.45, 2.75) is 25.3 Å². The first-order valence-electron chi connectivity index (χ1n) is 9.94. The van der Waals surface area contributed by atoms with E-state index in [1.807, 2.05) is 18.2 Å². The summed E-state index contributed by atoms with van der Waals surface area (Å²) >= 11 is 6.06. The first-order valence-corrected chi connectivity index (χ1v) is 10.3. The number of benzene rings is 1. The fourth-order valence-corrected chi connectivity index (χ4v) is 4.28. The molecule has 0 saturated heterocycles. The van der Waals surface area contributed by atoms with Crippen LogP contribution in [-0.4, -0.2) is 22.2 Å². The van der Waals surface area contributed by atoms with Crippen LogP contribution in [-0.2, 0) is 7.05 Å². The molecule has 1 aromatic carbocycles. The Labute approximate surface area is 178 Å². The van der Waals surface area contributed by atoms with Crippen LogP contribution in [0.1, 0.15) is 24.8 Å². The maximum Gasteiger partial charge on any atom is 0.295 e. The molecule has 7 nitrogen and oxygen atoms in total. The number of pyridine rings is 2. The Kier molecular flexibility index (Phi) is 4.52. The van der Waals surface area contributed by atoms with Gasteiger partial charge in [-0.25, -0.2) is 4.98 Å². The Balaban J connectivity index is 1.64. The van der Waals surface area contributed by atoms with Crippen molar-refractivity contribution >= 4 is 39.6 Å². The molecule has 2 N–H and O–H groups in total. The zero-order valence-electron chi connectivity index (χ0n) is 16.4. The molecule has 1 atom stereocenters. The highest BCUT2D eigenvalue weighted by Crippen LogP contribution is 2.41. The summed E-state index contributed by atoms with van der Waals surface area (Å²) in [4.78, 5) is 16.9. The van der Waals surface area contributed by atoms with Crippen LogP contribution in [0, 0.1) is 17.2 Å². The number of fused-ring (bicyclic) bond motifs is 3. The van der Waals surface area contributed by atoms with Crippen LogP contribution in [0.2, 0.25) is 5.15 Å². The van der Waals surface area contributed by atoms with Crippen LogP contribution in [0.4, 0.5) is 17.1 Å². The van der Waals surface area contributed by atoms with Crippen molar-refractivity contribution in [2.24, 2.45) is 13.0 Å². The van der Waals surface area contributed by atoms with E-state index in [0.29, 0.717) is 30.0 Å². The summed E-state index contributed by atoms with van der Waals surface area (Å²) in [5.74, 6) is 1.01. The molecular weight excluding hydrogens is 402 g/mol. The molecule has 1 saturated carbocycles. The number of nitrogens with zero attached hydrogens (tertiary/aromatic N) is 3. The number of nitriles is 1. The summed E-state index contributed by atoms with van der Waals surface area (Å²) in [5, 5.41) is 17.3. The molecular formula is C22H20ClN5O2. The van der Waals surface area contributed by atoms with E-state index in [1.54, 1.807) is 23.9 Å². The molecule has 1 fully saturated rings. The van der Waals surface area contributed by atoms with Gasteiger partial charge in [0.1, 0.15) is 16.8 Å². The maximum absolute atomic E-state index is 12.9. The van der Waals surface area contributed by atoms with E-state index in [-0.39, 0.29) is 16.3 Å². The van der Waals surface area contributed by atoms with E-state index in [0.717, 1.165) is 28.7 Å². The van der Waals surface area contributed by atoms with Crippen LogP contribution in [0.3, 0.4) is 0 Å². The van der Waals surface area contributed by atoms with E-state index in [9.17, 15) is 10.1 Å². The van der Waals surface area contributed by atoms with Crippen molar-refractivity contribution in [1.29, 1.82) is 5.26 Å². The molecule has 0 spiro atoms. The Hall–Kier alpha value is -3.24. The van der Waals surface area contributed by atoms with Crippen molar-refractivity contribution in [2.75, 3.05) is 17.2 Å². The summed E-state index contributed by atoms with van der Waals surface area (Å²) in [7, 11) is 1.75. The number of anilines is 3. The van der Waals surface area contributed by atoms with Gasteiger partial charge in [0.2, 0.25) is 5.75 Å². The van der Waals surface area contributed by atoms with Gasteiger partial charge in [-0.15, -0.1) is 0 Å². The maximum atomic E-state index is 12.9. The molecule has 1 aliphatic carbocycles. The fraction of sp³-hybridized carbons (Fsp3) is 0.318. The Morgan fingerprint density at radius 2 is 2.17 bits per heavy atom. The number of rotatable bonds is 3. The van der Waals surface area contributed by atoms with Gasteiger partial charge in [0.15, 0.2) is 0 Å². The summed E-state index contributed by atoms with van der Waals surface area (Å²) in [6.45, 7) is 0.529. The molecule has 1 aliphatic heterocycles. The third-order valence-corrected chi connectivity index (χ3v) is 6.13. The van der Waals surface area contributed by atoms with E-state index >= 15 is 0 Å². The van der Waals surface area contributed by atoms with Crippen molar-refractivity contribution in [1.82, 2.24) is 9.55 Å². The van der Waals surface area contributed by atoms with E-state index in [1.165, 1.54) is 12.8 Å². The first kappa shape index (κ1) is 18.8. The van der Waals surface area contributed by atoms with E-state index < -0.39 is 0 Å². The van der Waals surface area contributed by atoms with Gasteiger partial charge < -0.3 is 19.9 Å². The number of aryl methyl sites for hydroxylation is 1. The van der Waals surface area contributed by atoms with Crippen LogP contribution >= 0.6 is 11.6 Å². The number of hydrogen-bond acceptors (Lipinski definition) is 6. The Morgan fingerprint density at radius 3 is 2.93 bits per heavy atom. The van der Waals surface area contributed by atoms with E-state index in [2.05, 4.69) is 21.7 Å². The summed E-state index contributed by atoms with van der Waals surface area (Å²) in [6, 6.07) is 9.84. The monoisotopic (exact) mass is 421 g/mol. The zero-order chi connectivity index (χ0) is 20.8. The second-order valence-electron chi connectivity index (χ2n) is 7.79. The summed E-state index contributed by atoms with van der Waals surface area (Å²) in [5.41, 5.74) is 3.05. The first-order chi connectivity index (χ1) is 14.6. The number of nitrogens with one attached hydrogen (secondary N) is 2. The van der Waals surface area contributed by atoms with Crippen molar-refractivity contribution in [3.63, 3.8) is 0 Å². The van der Waals surface area contributed by atoms with Gasteiger partial charge in [0.25, 0.3) is 5.56 Å². The molecule has 5 rings (SSSR count). The fourth-order valence-electron chi connectivity index (χ4n) is 4.07. The lowest BCUT2D eigenvalue weighted by Crippen LogP contribution is -2.23. The molecule has 30 heavy (non-hydrogen) atoms. The Morgan fingerprint density at radius 1 is 1.33 bits per heavy atom. The molecule has 1 unspecified atom stereocenters. The van der Waals surface area contributed by atoms with Gasteiger partial charge in [-0.1, -0.05) is 11.6 Å². The minimum absolute atomic E-state index is 0.144. The van der Waals surface area contributed by atoms with Gasteiger partial charge in [0, 0.05) is 36.8 Å². The highest BCUT2D eigenvalue weighted by molar-refractivity contribution is 6.31. The van der Waals surface area contributed by atoms with Crippen LogP contribution in [0.5, 0.6) is 5.75 Å². The molecule has 2 aliphatic rings. The molecule has 3 heterocycles. The predicted octanol–water partition coefficient (Wildman–Crippen LogP) is 4.18. The quantitative estimate of drug-likeness (QED) is 0.616. The lowest BCUT2D eigenvalue weighted by atomic mass is 10.1. The molecule has 0 bridgehead atoms. The largest absolute Gasteiger partial charge is 0.486 e. The standard InChI is InChI=1S/C22H20ClN5O2/c1-28-18-5-4-13(26-17-6-8-25-21(23)15(17)11-24)10-14(18)19-20(22(28)29)30-9-7-16(27-19)12-2-3-12/h4-6,8,10,12,16,27H,2-3,7,9H2,1H3,(H,25,26). The number of aromatic nitrogens is 2. The number of hydrogen-bond donors (Lipinski definition) is 2. The van der Waals surface area contributed by atoms with Crippen LogP contribution in [0.15, 0.2) is 35.3 Å². The molecule has 0 amide bonds. The minimum atomic E-state index is -0.144. The average Bonchev–Trinajstić information content (AvgIpc) is 3.58. The van der Waals surface area contributed by atoms with E-state index in [4.69, 9.17) is 16.3 Å². The lowest BCUT2D eigenvalue weighted by molar-refractivity contribution is 0.303. The topological polar surface area (TPSA) is 92.0 Å². The summed E-state index contributed by atoms with van der Waals surface area (Å²) < 4.78 is 7.51. The second-order valence-corrected chi connectivity index (χ2v) is 8.14. The molecule has 152 valence electrons. The zero-order valence-corrected chi connectivity index (χ0v) is 17.2. The van der Waals surface area contributed by atoms with Gasteiger partial charge in [-0.3, -0.25) is 4.79 Å². The SMILES string of the molecule is Cn1c(=O)c2c(c3cc(Nc4ccnc(Cl)c4C#N)ccc31)NC(C1CC1)CCO2. The highest BCUT2D eigenvalue weighted by atomic mass is 35.5. The third-order valence-electron chi connectivity index (χ3n) is 5.84. The highest BCUT2D eigenvalue weighted by Gasteiger charge is 2.34. The van der Waals surface area contributed by atoms with Gasteiger partial charge >= 0.3 is 0 Å². The number of halogens is 1. The van der Waals surface area contributed by atoms with Gasteiger partial charge in [0.05, 0.1) is 23.5 Å². The lowest BCUT2D eigenvalue weighted by Gasteiger charge is -2.19. The third kappa shape index (κ3) is 3.14. The summed E-state index contributed by atoms with van der Waals surface area (Å²) in [6.07, 6.45) is 4.85. The molecule has 3 aromatic rings. The van der Waals surface area contributed by atoms with Gasteiger partial charge in [-0.05, 0) is 43.0 Å². The second kappa shape index (κ2) is 7.22. The predicted molar refractivity (Wildman–Crippen MR) is 117 cm³/mol. The van der Waals surface area contributed by atoms with Crippen LogP contribution < -0.4 is 20.9 Å².